The SMILES string of the molecule is C[C@]12CCC3c4ccc(O)cc4CCC3C1CC[C@@H]2OC(=O)[C@@H]1CCCN1Cc1ccc(S(N)(=O)=O)cc1. The van der Waals surface area contributed by atoms with Crippen molar-refractivity contribution < 1.29 is 23.1 Å². The number of carbonyl (C=O) groups is 1. The summed E-state index contributed by atoms with van der Waals surface area (Å²) in [5.74, 6) is 1.95. The van der Waals surface area contributed by atoms with Gasteiger partial charge in [0.1, 0.15) is 17.9 Å². The summed E-state index contributed by atoms with van der Waals surface area (Å²) >= 11 is 0. The van der Waals surface area contributed by atoms with Gasteiger partial charge in [0.25, 0.3) is 0 Å². The molecular weight excluding hydrogens is 500 g/mol. The van der Waals surface area contributed by atoms with Crippen molar-refractivity contribution in [3.05, 3.63) is 59.2 Å². The number of benzene rings is 2. The topological polar surface area (TPSA) is 110 Å². The summed E-state index contributed by atoms with van der Waals surface area (Å²) in [6.45, 7) is 3.75. The minimum atomic E-state index is -3.72. The van der Waals surface area contributed by atoms with Gasteiger partial charge in [0.05, 0.1) is 4.90 Å². The number of primary sulfonamides is 1. The van der Waals surface area contributed by atoms with E-state index < -0.39 is 10.0 Å². The summed E-state index contributed by atoms with van der Waals surface area (Å²) in [5.41, 5.74) is 3.68. The van der Waals surface area contributed by atoms with Gasteiger partial charge in [0, 0.05) is 12.0 Å². The summed E-state index contributed by atoms with van der Waals surface area (Å²) in [6, 6.07) is 12.2. The largest absolute Gasteiger partial charge is 0.508 e. The van der Waals surface area contributed by atoms with E-state index in [-0.39, 0.29) is 28.4 Å². The molecule has 0 bridgehead atoms. The fraction of sp³-hybridized carbons (Fsp3) is 0.567. The normalized spacial score (nSPS) is 32.8. The summed E-state index contributed by atoms with van der Waals surface area (Å²) in [4.78, 5) is 15.8. The summed E-state index contributed by atoms with van der Waals surface area (Å²) in [5, 5.41) is 15.2. The van der Waals surface area contributed by atoms with E-state index in [4.69, 9.17) is 9.88 Å². The maximum Gasteiger partial charge on any atom is 0.323 e. The van der Waals surface area contributed by atoms with Crippen LogP contribution >= 0.6 is 0 Å². The second kappa shape index (κ2) is 9.65. The molecule has 0 radical (unpaired) electrons. The fourth-order valence-corrected chi connectivity index (χ4v) is 8.75. The number of aromatic hydroxyl groups is 1. The highest BCUT2D eigenvalue weighted by Gasteiger charge is 2.56. The number of phenolic OH excluding ortho intramolecular Hbond substituents is 1. The van der Waals surface area contributed by atoms with E-state index in [1.54, 1.807) is 12.1 Å². The van der Waals surface area contributed by atoms with Crippen LogP contribution in [0.15, 0.2) is 47.4 Å². The minimum absolute atomic E-state index is 0.0121. The van der Waals surface area contributed by atoms with Crippen LogP contribution in [0, 0.1) is 17.3 Å². The van der Waals surface area contributed by atoms with E-state index in [0.29, 0.717) is 30.0 Å². The molecule has 3 aliphatic carbocycles. The lowest BCUT2D eigenvalue weighted by molar-refractivity contribution is -0.163. The molecule has 6 atom stereocenters. The van der Waals surface area contributed by atoms with Crippen molar-refractivity contribution in [2.75, 3.05) is 6.54 Å². The van der Waals surface area contributed by atoms with Crippen molar-refractivity contribution in [2.24, 2.45) is 22.4 Å². The van der Waals surface area contributed by atoms with E-state index in [0.717, 1.165) is 63.5 Å². The fourth-order valence-electron chi connectivity index (χ4n) is 8.23. The van der Waals surface area contributed by atoms with E-state index in [2.05, 4.69) is 17.9 Å². The molecule has 38 heavy (non-hydrogen) atoms. The molecule has 3 N–H and O–H groups in total. The van der Waals surface area contributed by atoms with E-state index in [1.165, 1.54) is 23.3 Å². The summed E-state index contributed by atoms with van der Waals surface area (Å²) in [7, 11) is -3.72. The molecule has 8 heteroatoms. The van der Waals surface area contributed by atoms with Crippen LogP contribution < -0.4 is 5.14 Å². The molecule has 1 heterocycles. The Balaban J connectivity index is 1.12. The number of nitrogens with two attached hydrogens (primary N) is 1. The molecule has 1 aliphatic heterocycles. The molecule has 4 aliphatic rings. The van der Waals surface area contributed by atoms with E-state index >= 15 is 0 Å². The zero-order valence-electron chi connectivity index (χ0n) is 22.0. The van der Waals surface area contributed by atoms with Crippen molar-refractivity contribution in [3.8, 4) is 5.75 Å². The Bertz CT molecular complexity index is 1330. The molecule has 0 amide bonds. The van der Waals surface area contributed by atoms with Gasteiger partial charge in [-0.05, 0) is 117 Å². The van der Waals surface area contributed by atoms with Crippen LogP contribution in [0.4, 0.5) is 0 Å². The Morgan fingerprint density at radius 3 is 2.66 bits per heavy atom. The van der Waals surface area contributed by atoms with Gasteiger partial charge < -0.3 is 9.84 Å². The lowest BCUT2D eigenvalue weighted by Gasteiger charge is -2.50. The molecule has 204 valence electrons. The minimum Gasteiger partial charge on any atom is -0.508 e. The van der Waals surface area contributed by atoms with Gasteiger partial charge in [0.15, 0.2) is 0 Å². The number of carbonyl (C=O) groups excluding carboxylic acids is 1. The first-order chi connectivity index (χ1) is 18.1. The quantitative estimate of drug-likeness (QED) is 0.544. The molecule has 3 unspecified atom stereocenters. The Morgan fingerprint density at radius 1 is 1.11 bits per heavy atom. The predicted molar refractivity (Wildman–Crippen MR) is 144 cm³/mol. The number of sulfonamides is 1. The zero-order valence-corrected chi connectivity index (χ0v) is 22.8. The van der Waals surface area contributed by atoms with Crippen LogP contribution in [-0.2, 0) is 32.5 Å². The number of phenols is 1. The average molecular weight is 539 g/mol. The van der Waals surface area contributed by atoms with Crippen LogP contribution in [-0.4, -0.2) is 43.1 Å². The first-order valence-electron chi connectivity index (χ1n) is 14.0. The molecule has 2 aromatic rings. The van der Waals surface area contributed by atoms with Crippen molar-refractivity contribution >= 4 is 16.0 Å². The van der Waals surface area contributed by atoms with Gasteiger partial charge in [-0.2, -0.15) is 0 Å². The second-order valence-electron chi connectivity index (χ2n) is 12.2. The van der Waals surface area contributed by atoms with Crippen LogP contribution in [0.3, 0.4) is 0 Å². The number of nitrogens with zero attached hydrogens (tertiary/aromatic N) is 1. The first-order valence-corrected chi connectivity index (χ1v) is 15.6. The number of fused-ring (bicyclic) bond motifs is 5. The van der Waals surface area contributed by atoms with Crippen molar-refractivity contribution in [1.29, 1.82) is 0 Å². The Labute approximate surface area is 225 Å². The Kier molecular flexibility index (Phi) is 6.56. The number of likely N-dealkylation sites (tertiary alicyclic amines) is 1. The number of esters is 1. The molecule has 2 saturated carbocycles. The van der Waals surface area contributed by atoms with Crippen LogP contribution in [0.25, 0.3) is 0 Å². The zero-order chi connectivity index (χ0) is 26.7. The lowest BCUT2D eigenvalue weighted by Crippen LogP contribution is -2.47. The molecular formula is C30H38N2O5S. The number of ether oxygens (including phenoxy) is 1. The van der Waals surface area contributed by atoms with Gasteiger partial charge in [-0.15, -0.1) is 0 Å². The van der Waals surface area contributed by atoms with Crippen molar-refractivity contribution in [1.82, 2.24) is 4.90 Å². The van der Waals surface area contributed by atoms with Crippen LogP contribution in [0.5, 0.6) is 5.75 Å². The van der Waals surface area contributed by atoms with Gasteiger partial charge in [-0.3, -0.25) is 9.69 Å². The molecule has 7 nitrogen and oxygen atoms in total. The van der Waals surface area contributed by atoms with Crippen LogP contribution in [0.1, 0.15) is 74.5 Å². The predicted octanol–water partition coefficient (Wildman–Crippen LogP) is 4.47. The molecule has 1 saturated heterocycles. The summed E-state index contributed by atoms with van der Waals surface area (Å²) in [6.07, 6.45) is 8.04. The third kappa shape index (κ3) is 4.54. The molecule has 0 aromatic heterocycles. The monoisotopic (exact) mass is 538 g/mol. The van der Waals surface area contributed by atoms with Gasteiger partial charge in [-0.25, -0.2) is 13.6 Å². The summed E-state index contributed by atoms with van der Waals surface area (Å²) < 4.78 is 29.5. The molecule has 6 rings (SSSR count). The van der Waals surface area contributed by atoms with Crippen LogP contribution in [0.2, 0.25) is 0 Å². The number of aryl methyl sites for hydroxylation is 1. The highest BCUT2D eigenvalue weighted by molar-refractivity contribution is 7.89. The standard InChI is InChI=1S/C30H38N2O5S/c1-30-15-14-24-23-11-7-21(33)17-20(23)6-10-25(24)26(30)12-13-28(30)37-29(34)27-3-2-16-32(27)18-19-4-8-22(9-5-19)38(31,35)36/h4-5,7-9,11,17,24-28,33H,2-3,6,10,12-16,18H2,1H3,(H2,31,35,36)/t24?,25?,26?,27-,28-,30-/m0/s1. The van der Waals surface area contributed by atoms with Gasteiger partial charge in [0.2, 0.25) is 10.0 Å². The second-order valence-corrected chi connectivity index (χ2v) is 13.7. The number of hydrogen-bond acceptors (Lipinski definition) is 6. The van der Waals surface area contributed by atoms with Crippen molar-refractivity contribution in [3.63, 3.8) is 0 Å². The average Bonchev–Trinajstić information content (AvgIpc) is 3.47. The van der Waals surface area contributed by atoms with Gasteiger partial charge in [-0.1, -0.05) is 25.1 Å². The molecule has 0 spiro atoms. The maximum absolute atomic E-state index is 13.5. The molecule has 2 aromatic carbocycles. The molecule has 3 fully saturated rings. The Morgan fingerprint density at radius 2 is 1.89 bits per heavy atom. The number of rotatable bonds is 5. The third-order valence-electron chi connectivity index (χ3n) is 10.2. The highest BCUT2D eigenvalue weighted by atomic mass is 32.2. The van der Waals surface area contributed by atoms with E-state index in [9.17, 15) is 18.3 Å². The smallest absolute Gasteiger partial charge is 0.323 e. The van der Waals surface area contributed by atoms with E-state index in [1.807, 2.05) is 12.1 Å². The maximum atomic E-state index is 13.5. The Hall–Kier alpha value is -2.42. The number of hydrogen-bond donors (Lipinski definition) is 2. The highest BCUT2D eigenvalue weighted by Crippen LogP contribution is 2.61. The first kappa shape index (κ1) is 25.8. The van der Waals surface area contributed by atoms with Crippen molar-refractivity contribution in [2.45, 2.75) is 87.8 Å². The third-order valence-corrected chi connectivity index (χ3v) is 11.1. The van der Waals surface area contributed by atoms with Gasteiger partial charge >= 0.3 is 5.97 Å². The lowest BCUT2D eigenvalue weighted by atomic mass is 9.55.